The van der Waals surface area contributed by atoms with Gasteiger partial charge in [0.2, 0.25) is 0 Å². The minimum absolute atomic E-state index is 0.116. The van der Waals surface area contributed by atoms with E-state index in [0.717, 1.165) is 16.5 Å². The largest absolute Gasteiger partial charge is 0.481 e. The van der Waals surface area contributed by atoms with E-state index in [1.807, 2.05) is 24.3 Å². The maximum atomic E-state index is 12.1. The molecule has 1 saturated heterocycles. The van der Waals surface area contributed by atoms with E-state index in [1.54, 1.807) is 6.20 Å². The lowest BCUT2D eigenvalue weighted by Crippen LogP contribution is -2.31. The minimum Gasteiger partial charge on any atom is -0.481 e. The molecule has 114 valence electrons. The standard InChI is InChI=1S/C15H15N3O4/c1-16-15-18-14(21)13(22-15)9(6-12(19)20)10-7-17-11-5-3-2-4-8(10)11/h2-5,7,9,13,17H,6H2,1H3,(H,19,20)(H,16,18,21)/t9-,13+/m1/s1. The summed E-state index contributed by atoms with van der Waals surface area (Å²) in [6.07, 6.45) is 0.612. The van der Waals surface area contributed by atoms with Gasteiger partial charge in [-0.2, -0.15) is 0 Å². The average molecular weight is 301 g/mol. The van der Waals surface area contributed by atoms with E-state index < -0.39 is 18.0 Å². The molecular weight excluding hydrogens is 286 g/mol. The summed E-state index contributed by atoms with van der Waals surface area (Å²) < 4.78 is 5.47. The summed E-state index contributed by atoms with van der Waals surface area (Å²) in [5.74, 6) is -1.97. The number of hydrogen-bond acceptors (Lipinski definition) is 4. The Bertz CT molecular complexity index is 765. The van der Waals surface area contributed by atoms with E-state index in [2.05, 4.69) is 15.3 Å². The van der Waals surface area contributed by atoms with Gasteiger partial charge in [0.25, 0.3) is 11.9 Å². The van der Waals surface area contributed by atoms with Crippen LogP contribution in [0.2, 0.25) is 0 Å². The Morgan fingerprint density at radius 2 is 2.23 bits per heavy atom. The minimum atomic E-state index is -0.992. The second-order valence-electron chi connectivity index (χ2n) is 5.05. The number of carboxylic acid groups (broad SMARTS) is 1. The third kappa shape index (κ3) is 2.41. The smallest absolute Gasteiger partial charge is 0.304 e. The quantitative estimate of drug-likeness (QED) is 0.790. The molecule has 2 heterocycles. The van der Waals surface area contributed by atoms with Gasteiger partial charge >= 0.3 is 5.97 Å². The third-order valence-corrected chi connectivity index (χ3v) is 3.71. The normalized spacial score (nSPS) is 20.9. The number of carbonyl (C=O) groups excluding carboxylic acids is 1. The van der Waals surface area contributed by atoms with Crippen molar-refractivity contribution in [2.24, 2.45) is 4.99 Å². The van der Waals surface area contributed by atoms with Crippen molar-refractivity contribution in [3.05, 3.63) is 36.0 Å². The van der Waals surface area contributed by atoms with Gasteiger partial charge in [0, 0.05) is 30.1 Å². The van der Waals surface area contributed by atoms with E-state index >= 15 is 0 Å². The van der Waals surface area contributed by atoms with Gasteiger partial charge < -0.3 is 14.8 Å². The number of aromatic nitrogens is 1. The Hall–Kier alpha value is -2.83. The van der Waals surface area contributed by atoms with Crippen molar-refractivity contribution in [2.45, 2.75) is 18.4 Å². The van der Waals surface area contributed by atoms with Gasteiger partial charge in [-0.25, -0.2) is 4.99 Å². The summed E-state index contributed by atoms with van der Waals surface area (Å²) >= 11 is 0. The first-order chi connectivity index (χ1) is 10.6. The zero-order valence-corrected chi connectivity index (χ0v) is 11.9. The lowest BCUT2D eigenvalue weighted by molar-refractivity contribution is -0.138. The number of amides is 1. The lowest BCUT2D eigenvalue weighted by Gasteiger charge is -2.18. The number of benzene rings is 1. The molecule has 0 bridgehead atoms. The molecule has 0 aliphatic carbocycles. The van der Waals surface area contributed by atoms with Gasteiger partial charge in [-0.15, -0.1) is 0 Å². The van der Waals surface area contributed by atoms with Gasteiger partial charge in [0.15, 0.2) is 6.10 Å². The Morgan fingerprint density at radius 3 is 2.91 bits per heavy atom. The molecule has 2 atom stereocenters. The van der Waals surface area contributed by atoms with Crippen molar-refractivity contribution < 1.29 is 19.4 Å². The molecule has 2 aromatic rings. The maximum absolute atomic E-state index is 12.1. The summed E-state index contributed by atoms with van der Waals surface area (Å²) in [7, 11) is 1.50. The fraction of sp³-hybridized carbons (Fsp3) is 0.267. The number of nitrogens with zero attached hydrogens (tertiary/aromatic N) is 1. The molecule has 7 heteroatoms. The molecular formula is C15H15N3O4. The van der Waals surface area contributed by atoms with Gasteiger partial charge in [0.05, 0.1) is 6.42 Å². The summed E-state index contributed by atoms with van der Waals surface area (Å²) in [6.45, 7) is 0. The van der Waals surface area contributed by atoms with Crippen molar-refractivity contribution >= 4 is 28.8 Å². The number of fused-ring (bicyclic) bond motifs is 1. The van der Waals surface area contributed by atoms with E-state index in [0.29, 0.717) is 0 Å². The molecule has 1 aliphatic heterocycles. The Balaban J connectivity index is 2.03. The van der Waals surface area contributed by atoms with Gasteiger partial charge in [-0.1, -0.05) is 18.2 Å². The number of nitrogens with one attached hydrogen (secondary N) is 2. The van der Waals surface area contributed by atoms with Crippen molar-refractivity contribution in [3.8, 4) is 0 Å². The molecule has 1 aromatic carbocycles. The topological polar surface area (TPSA) is 104 Å². The number of aliphatic imine (C=N–C) groups is 1. The van der Waals surface area contributed by atoms with Crippen LogP contribution in [0.5, 0.6) is 0 Å². The number of amidine groups is 1. The predicted molar refractivity (Wildman–Crippen MR) is 79.7 cm³/mol. The highest BCUT2D eigenvalue weighted by atomic mass is 16.5. The van der Waals surface area contributed by atoms with Crippen molar-refractivity contribution in [3.63, 3.8) is 0 Å². The van der Waals surface area contributed by atoms with Crippen LogP contribution in [0.4, 0.5) is 0 Å². The van der Waals surface area contributed by atoms with Crippen molar-refractivity contribution in [2.75, 3.05) is 7.05 Å². The van der Waals surface area contributed by atoms with Gasteiger partial charge in [0.1, 0.15) is 0 Å². The van der Waals surface area contributed by atoms with E-state index in [9.17, 15) is 14.7 Å². The van der Waals surface area contributed by atoms with Crippen LogP contribution in [0, 0.1) is 0 Å². The maximum Gasteiger partial charge on any atom is 0.304 e. The number of aliphatic carboxylic acids is 1. The number of carbonyl (C=O) groups is 2. The summed E-state index contributed by atoms with van der Waals surface area (Å²) in [4.78, 5) is 30.2. The van der Waals surface area contributed by atoms with Crippen LogP contribution in [0.3, 0.4) is 0 Å². The first-order valence-electron chi connectivity index (χ1n) is 6.82. The molecule has 7 nitrogen and oxygen atoms in total. The second kappa shape index (κ2) is 5.51. The lowest BCUT2D eigenvalue weighted by atomic mass is 9.89. The molecule has 0 unspecified atom stereocenters. The Morgan fingerprint density at radius 1 is 1.45 bits per heavy atom. The predicted octanol–water partition coefficient (Wildman–Crippen LogP) is 1.23. The third-order valence-electron chi connectivity index (χ3n) is 3.71. The molecule has 0 saturated carbocycles. The van der Waals surface area contributed by atoms with Crippen LogP contribution >= 0.6 is 0 Å². The number of ether oxygens (including phenoxy) is 1. The Labute approximate surface area is 126 Å². The van der Waals surface area contributed by atoms with E-state index in [4.69, 9.17) is 4.74 Å². The number of aromatic amines is 1. The second-order valence-corrected chi connectivity index (χ2v) is 5.05. The molecule has 1 aliphatic rings. The molecule has 3 rings (SSSR count). The zero-order chi connectivity index (χ0) is 15.7. The van der Waals surface area contributed by atoms with E-state index in [-0.39, 0.29) is 18.3 Å². The van der Waals surface area contributed by atoms with Crippen LogP contribution in [0.1, 0.15) is 17.9 Å². The number of rotatable bonds is 4. The van der Waals surface area contributed by atoms with Crippen LogP contribution < -0.4 is 5.32 Å². The first kappa shape index (κ1) is 14.1. The fourth-order valence-corrected chi connectivity index (χ4v) is 2.72. The summed E-state index contributed by atoms with van der Waals surface area (Å²) in [5.41, 5.74) is 1.63. The number of carboxylic acids is 1. The highest BCUT2D eigenvalue weighted by Gasteiger charge is 2.40. The van der Waals surface area contributed by atoms with Crippen LogP contribution in [-0.4, -0.2) is 41.1 Å². The SMILES string of the molecule is CN=C1NC(=O)[C@H]([C@H](CC(=O)O)c2c[nH]c3ccccc23)O1. The van der Waals surface area contributed by atoms with Crippen molar-refractivity contribution in [1.29, 1.82) is 0 Å². The molecule has 0 radical (unpaired) electrons. The van der Waals surface area contributed by atoms with Crippen LogP contribution in [-0.2, 0) is 14.3 Å². The molecule has 1 amide bonds. The van der Waals surface area contributed by atoms with Gasteiger partial charge in [-0.3, -0.25) is 14.9 Å². The first-order valence-corrected chi connectivity index (χ1v) is 6.82. The molecule has 1 fully saturated rings. The fourth-order valence-electron chi connectivity index (χ4n) is 2.72. The highest BCUT2D eigenvalue weighted by molar-refractivity contribution is 6.03. The molecule has 22 heavy (non-hydrogen) atoms. The average Bonchev–Trinajstić information content (AvgIpc) is 3.08. The highest BCUT2D eigenvalue weighted by Crippen LogP contribution is 2.33. The van der Waals surface area contributed by atoms with E-state index in [1.165, 1.54) is 7.05 Å². The zero-order valence-electron chi connectivity index (χ0n) is 11.9. The molecule has 3 N–H and O–H groups in total. The summed E-state index contributed by atoms with van der Waals surface area (Å²) in [5, 5.41) is 12.6. The Kier molecular flexibility index (Phi) is 3.54. The number of hydrogen-bond donors (Lipinski definition) is 3. The van der Waals surface area contributed by atoms with Crippen LogP contribution in [0.15, 0.2) is 35.5 Å². The molecule has 1 aromatic heterocycles. The van der Waals surface area contributed by atoms with Crippen LogP contribution in [0.25, 0.3) is 10.9 Å². The number of para-hydroxylation sites is 1. The van der Waals surface area contributed by atoms with Gasteiger partial charge in [-0.05, 0) is 11.6 Å². The molecule has 0 spiro atoms. The summed E-state index contributed by atoms with van der Waals surface area (Å²) in [6, 6.07) is 7.65. The number of H-pyrrole nitrogens is 1. The monoisotopic (exact) mass is 301 g/mol. The van der Waals surface area contributed by atoms with Crippen molar-refractivity contribution in [1.82, 2.24) is 10.3 Å².